The van der Waals surface area contributed by atoms with Gasteiger partial charge in [-0.3, -0.25) is 4.79 Å². The summed E-state index contributed by atoms with van der Waals surface area (Å²) in [5.41, 5.74) is 1.74. The molecular formula is C29H30FNO6. The maximum atomic E-state index is 13.6. The van der Waals surface area contributed by atoms with Crippen LogP contribution in [0, 0.1) is 5.82 Å². The molecule has 0 unspecified atom stereocenters. The molecule has 2 N–H and O–H groups in total. The van der Waals surface area contributed by atoms with Gasteiger partial charge in [-0.05, 0) is 48.4 Å². The second-order valence-corrected chi connectivity index (χ2v) is 9.47. The van der Waals surface area contributed by atoms with Gasteiger partial charge in [0.1, 0.15) is 23.9 Å². The smallest absolute Gasteiger partial charge is 0.341 e. The Hall–Kier alpha value is -3.91. The molecule has 1 aliphatic heterocycles. The van der Waals surface area contributed by atoms with Crippen molar-refractivity contribution in [1.29, 1.82) is 0 Å². The molecule has 0 radical (unpaired) electrons. The minimum Gasteiger partial charge on any atom is -0.489 e. The Morgan fingerprint density at radius 3 is 2.41 bits per heavy atom. The fraction of sp³-hybridized carbons (Fsp3) is 0.310. The highest BCUT2D eigenvalue weighted by atomic mass is 19.1. The summed E-state index contributed by atoms with van der Waals surface area (Å²) in [6.45, 7) is 3.23. The third kappa shape index (κ3) is 7.07. The third-order valence-corrected chi connectivity index (χ3v) is 6.25. The number of nitrogens with one attached hydrogen (secondary N) is 1. The van der Waals surface area contributed by atoms with Crippen LogP contribution in [0.2, 0.25) is 0 Å². The van der Waals surface area contributed by atoms with Crippen molar-refractivity contribution in [2.24, 2.45) is 0 Å². The van der Waals surface area contributed by atoms with E-state index in [0.29, 0.717) is 36.5 Å². The number of carbonyl (C=O) groups excluding carboxylic acids is 1. The lowest BCUT2D eigenvalue weighted by atomic mass is 9.81. The highest BCUT2D eigenvalue weighted by Crippen LogP contribution is 2.46. The lowest BCUT2D eigenvalue weighted by molar-refractivity contribution is -0.139. The van der Waals surface area contributed by atoms with Gasteiger partial charge in [0, 0.05) is 30.9 Å². The molecule has 4 rings (SSSR count). The topological polar surface area (TPSA) is 94.1 Å². The summed E-state index contributed by atoms with van der Waals surface area (Å²) >= 11 is 0. The number of carboxylic acid groups (broad SMARTS) is 1. The molecule has 3 aromatic rings. The van der Waals surface area contributed by atoms with Crippen LogP contribution >= 0.6 is 0 Å². The van der Waals surface area contributed by atoms with Gasteiger partial charge in [0.25, 0.3) is 0 Å². The van der Waals surface area contributed by atoms with Gasteiger partial charge in [-0.1, -0.05) is 42.5 Å². The van der Waals surface area contributed by atoms with Crippen LogP contribution in [0.15, 0.2) is 72.8 Å². The van der Waals surface area contributed by atoms with Gasteiger partial charge in [0.15, 0.2) is 6.61 Å². The normalized spacial score (nSPS) is 21.2. The molecule has 0 aliphatic carbocycles. The molecular weight excluding hydrogens is 477 g/mol. The summed E-state index contributed by atoms with van der Waals surface area (Å²) < 4.78 is 31.7. The molecule has 1 fully saturated rings. The van der Waals surface area contributed by atoms with Crippen molar-refractivity contribution < 1.29 is 33.3 Å². The van der Waals surface area contributed by atoms with Crippen LogP contribution in [-0.4, -0.2) is 29.1 Å². The number of halogens is 1. The van der Waals surface area contributed by atoms with Gasteiger partial charge < -0.3 is 24.6 Å². The molecule has 1 aliphatic rings. The molecule has 37 heavy (non-hydrogen) atoms. The molecule has 0 aromatic heterocycles. The van der Waals surface area contributed by atoms with E-state index in [1.807, 2.05) is 37.3 Å². The Balaban J connectivity index is 1.67. The van der Waals surface area contributed by atoms with Gasteiger partial charge in [-0.2, -0.15) is 0 Å². The summed E-state index contributed by atoms with van der Waals surface area (Å²) in [7, 11) is 0. The number of ether oxygens (including phenoxy) is 3. The Morgan fingerprint density at radius 2 is 1.73 bits per heavy atom. The van der Waals surface area contributed by atoms with Crippen molar-refractivity contribution >= 4 is 11.9 Å². The second-order valence-electron chi connectivity index (χ2n) is 9.47. The molecule has 0 spiro atoms. The maximum absolute atomic E-state index is 13.6. The number of rotatable bonds is 9. The SMILES string of the molecule is CC(=O)N[C@@]1(C)C[C@@H](c2ccc(F)cc2)O[C@@H](c2cc(OCc3ccccc3)ccc2OCC(=O)O)C1. The first-order valence-electron chi connectivity index (χ1n) is 12.1. The predicted octanol–water partition coefficient (Wildman–Crippen LogP) is 5.36. The van der Waals surface area contributed by atoms with Gasteiger partial charge in [-0.25, -0.2) is 9.18 Å². The molecule has 1 amide bonds. The molecule has 3 aromatic carbocycles. The Bertz CT molecular complexity index is 1230. The van der Waals surface area contributed by atoms with E-state index in [4.69, 9.17) is 14.2 Å². The van der Waals surface area contributed by atoms with Crippen molar-refractivity contribution in [2.75, 3.05) is 6.61 Å². The number of carbonyl (C=O) groups is 2. The Morgan fingerprint density at radius 1 is 1.03 bits per heavy atom. The van der Waals surface area contributed by atoms with Gasteiger partial charge in [0.05, 0.1) is 12.2 Å². The standard InChI is InChI=1S/C29H30FNO6/c1-19(32)31-29(2)15-26(21-8-10-22(30)11-9-21)37-27(16-29)24-14-23(12-13-25(24)36-18-28(33)34)35-17-20-6-4-3-5-7-20/h3-14,26-27H,15-18H2,1-2H3,(H,31,32)(H,33,34)/t26-,27+,29-/m0/s1. The zero-order valence-corrected chi connectivity index (χ0v) is 20.8. The van der Waals surface area contributed by atoms with Crippen molar-refractivity contribution in [3.63, 3.8) is 0 Å². The number of benzene rings is 3. The van der Waals surface area contributed by atoms with Crippen LogP contribution in [0.25, 0.3) is 0 Å². The Labute approximate surface area is 215 Å². The first-order chi connectivity index (χ1) is 17.7. The Kier molecular flexibility index (Phi) is 8.08. The lowest BCUT2D eigenvalue weighted by Gasteiger charge is -2.43. The summed E-state index contributed by atoms with van der Waals surface area (Å²) in [6, 6.07) is 21.0. The number of amides is 1. The van der Waals surface area contributed by atoms with Crippen molar-refractivity contribution in [3.05, 3.63) is 95.3 Å². The number of hydrogen-bond donors (Lipinski definition) is 2. The molecule has 7 nitrogen and oxygen atoms in total. The van der Waals surface area contributed by atoms with Crippen molar-refractivity contribution in [3.8, 4) is 11.5 Å². The van der Waals surface area contributed by atoms with E-state index in [0.717, 1.165) is 11.1 Å². The largest absolute Gasteiger partial charge is 0.489 e. The van der Waals surface area contributed by atoms with E-state index in [-0.39, 0.29) is 11.7 Å². The van der Waals surface area contributed by atoms with E-state index in [1.165, 1.54) is 19.1 Å². The third-order valence-electron chi connectivity index (χ3n) is 6.25. The number of carboxylic acids is 1. The first-order valence-corrected chi connectivity index (χ1v) is 12.1. The molecule has 0 saturated carbocycles. The van der Waals surface area contributed by atoms with E-state index in [9.17, 15) is 19.1 Å². The summed E-state index contributed by atoms with van der Waals surface area (Å²) in [5.74, 6) is -0.719. The molecule has 1 saturated heterocycles. The maximum Gasteiger partial charge on any atom is 0.341 e. The van der Waals surface area contributed by atoms with Crippen molar-refractivity contribution in [2.45, 2.75) is 51.0 Å². The van der Waals surface area contributed by atoms with Crippen molar-refractivity contribution in [1.82, 2.24) is 5.32 Å². The first kappa shape index (κ1) is 26.2. The molecule has 0 bridgehead atoms. The molecule has 194 valence electrons. The predicted molar refractivity (Wildman–Crippen MR) is 135 cm³/mol. The van der Waals surface area contributed by atoms with Crippen LogP contribution in [0.5, 0.6) is 11.5 Å². The summed E-state index contributed by atoms with van der Waals surface area (Å²) in [5, 5.41) is 12.2. The van der Waals surface area contributed by atoms with E-state index in [2.05, 4.69) is 5.32 Å². The van der Waals surface area contributed by atoms with Gasteiger partial charge in [0.2, 0.25) is 5.91 Å². The number of hydrogen-bond acceptors (Lipinski definition) is 5. The van der Waals surface area contributed by atoms with Gasteiger partial charge >= 0.3 is 5.97 Å². The monoisotopic (exact) mass is 507 g/mol. The fourth-order valence-electron chi connectivity index (χ4n) is 4.66. The van der Waals surface area contributed by atoms with E-state index in [1.54, 1.807) is 30.3 Å². The molecule has 1 heterocycles. The van der Waals surface area contributed by atoms with Crippen LogP contribution < -0.4 is 14.8 Å². The minimum absolute atomic E-state index is 0.177. The highest BCUT2D eigenvalue weighted by molar-refractivity contribution is 5.73. The molecule has 8 heteroatoms. The minimum atomic E-state index is -1.10. The van der Waals surface area contributed by atoms with Crippen LogP contribution in [0.3, 0.4) is 0 Å². The van der Waals surface area contributed by atoms with Crippen LogP contribution in [0.1, 0.15) is 55.6 Å². The second kappa shape index (κ2) is 11.4. The zero-order valence-electron chi connectivity index (χ0n) is 20.8. The van der Waals surface area contributed by atoms with Crippen LogP contribution in [0.4, 0.5) is 4.39 Å². The fourth-order valence-corrected chi connectivity index (χ4v) is 4.66. The number of aliphatic carboxylic acids is 1. The zero-order chi connectivity index (χ0) is 26.4. The summed E-state index contributed by atoms with van der Waals surface area (Å²) in [6.07, 6.45) is -0.123. The summed E-state index contributed by atoms with van der Waals surface area (Å²) in [4.78, 5) is 23.3. The average Bonchev–Trinajstić information content (AvgIpc) is 2.86. The van der Waals surface area contributed by atoms with Gasteiger partial charge in [-0.15, -0.1) is 0 Å². The van der Waals surface area contributed by atoms with Crippen LogP contribution in [-0.2, 0) is 20.9 Å². The highest BCUT2D eigenvalue weighted by Gasteiger charge is 2.41. The lowest BCUT2D eigenvalue weighted by Crippen LogP contribution is -2.50. The quantitative estimate of drug-likeness (QED) is 0.405. The molecule has 3 atom stereocenters. The van der Waals surface area contributed by atoms with E-state index >= 15 is 0 Å². The van der Waals surface area contributed by atoms with E-state index < -0.39 is 30.3 Å². The average molecular weight is 508 g/mol.